The first-order valence-electron chi connectivity index (χ1n) is 7.55. The van der Waals surface area contributed by atoms with Gasteiger partial charge in [-0.15, -0.1) is 12.4 Å². The molecule has 0 saturated heterocycles. The molecule has 0 bridgehead atoms. The van der Waals surface area contributed by atoms with Crippen LogP contribution in [0.25, 0.3) is 0 Å². The molecule has 24 heavy (non-hydrogen) atoms. The normalized spacial score (nSPS) is 9.92. The fourth-order valence-electron chi connectivity index (χ4n) is 2.11. The minimum absolute atomic E-state index is 0. The van der Waals surface area contributed by atoms with E-state index in [0.29, 0.717) is 24.6 Å². The van der Waals surface area contributed by atoms with Gasteiger partial charge in [-0.3, -0.25) is 4.79 Å². The van der Waals surface area contributed by atoms with Gasteiger partial charge in [0, 0.05) is 18.1 Å². The third-order valence-corrected chi connectivity index (χ3v) is 3.49. The van der Waals surface area contributed by atoms with E-state index < -0.39 is 0 Å². The van der Waals surface area contributed by atoms with Gasteiger partial charge in [-0.25, -0.2) is 0 Å². The highest BCUT2D eigenvalue weighted by atomic mass is 35.5. The monoisotopic (exact) mass is 368 g/mol. The molecule has 0 heterocycles. The van der Waals surface area contributed by atoms with E-state index in [1.54, 1.807) is 0 Å². The maximum Gasteiger partial charge on any atom is 0.224 e. The highest BCUT2D eigenvalue weighted by Crippen LogP contribution is 2.17. The molecule has 2 aromatic carbocycles. The molecule has 4 nitrogen and oxygen atoms in total. The Morgan fingerprint density at radius 2 is 1.83 bits per heavy atom. The van der Waals surface area contributed by atoms with Crippen LogP contribution in [0.2, 0.25) is 5.02 Å². The molecular formula is C18H22Cl2N2O2. The summed E-state index contributed by atoms with van der Waals surface area (Å²) in [6.45, 7) is 1.83. The zero-order valence-corrected chi connectivity index (χ0v) is 15.1. The van der Waals surface area contributed by atoms with Crippen molar-refractivity contribution >= 4 is 29.9 Å². The number of halogens is 2. The molecule has 2 N–H and O–H groups in total. The first-order valence-corrected chi connectivity index (χ1v) is 7.92. The second-order valence-electron chi connectivity index (χ2n) is 5.20. The molecule has 2 rings (SSSR count). The molecule has 0 radical (unpaired) electrons. The maximum absolute atomic E-state index is 11.8. The Hall–Kier alpha value is -1.75. The van der Waals surface area contributed by atoms with Gasteiger partial charge < -0.3 is 15.4 Å². The van der Waals surface area contributed by atoms with E-state index in [2.05, 4.69) is 10.6 Å². The van der Waals surface area contributed by atoms with Crippen LogP contribution in [-0.2, 0) is 17.8 Å². The summed E-state index contributed by atoms with van der Waals surface area (Å²) in [6, 6.07) is 15.2. The van der Waals surface area contributed by atoms with Crippen LogP contribution in [-0.4, -0.2) is 26.0 Å². The molecule has 0 aliphatic carbocycles. The van der Waals surface area contributed by atoms with Crippen LogP contribution in [0, 0.1) is 0 Å². The van der Waals surface area contributed by atoms with E-state index in [4.69, 9.17) is 16.3 Å². The van der Waals surface area contributed by atoms with Crippen molar-refractivity contribution in [1.82, 2.24) is 10.6 Å². The lowest BCUT2D eigenvalue weighted by molar-refractivity contribution is -0.120. The van der Waals surface area contributed by atoms with Crippen LogP contribution in [0.1, 0.15) is 11.1 Å². The van der Waals surface area contributed by atoms with Crippen LogP contribution < -0.4 is 15.4 Å². The lowest BCUT2D eigenvalue weighted by Crippen LogP contribution is -2.31. The Morgan fingerprint density at radius 1 is 1.08 bits per heavy atom. The average Bonchev–Trinajstić information content (AvgIpc) is 2.54. The highest BCUT2D eigenvalue weighted by Gasteiger charge is 2.04. The van der Waals surface area contributed by atoms with E-state index in [9.17, 15) is 4.79 Å². The fourth-order valence-corrected chi connectivity index (χ4v) is 2.33. The summed E-state index contributed by atoms with van der Waals surface area (Å²) in [5.74, 6) is 0.748. The Balaban J connectivity index is 0.00000288. The number of benzene rings is 2. The van der Waals surface area contributed by atoms with Gasteiger partial charge in [0.05, 0.1) is 6.42 Å². The van der Waals surface area contributed by atoms with Crippen molar-refractivity contribution in [2.45, 2.75) is 13.0 Å². The lowest BCUT2D eigenvalue weighted by atomic mass is 10.1. The predicted molar refractivity (Wildman–Crippen MR) is 100 cm³/mol. The molecule has 130 valence electrons. The molecule has 0 atom stereocenters. The van der Waals surface area contributed by atoms with Crippen molar-refractivity contribution in [3.05, 3.63) is 64.7 Å². The van der Waals surface area contributed by atoms with Crippen molar-refractivity contribution in [2.75, 3.05) is 20.1 Å². The molecule has 0 unspecified atom stereocenters. The van der Waals surface area contributed by atoms with Crippen molar-refractivity contribution in [3.8, 4) is 5.75 Å². The van der Waals surface area contributed by atoms with Gasteiger partial charge in [0.2, 0.25) is 5.91 Å². The van der Waals surface area contributed by atoms with Gasteiger partial charge in [0.1, 0.15) is 12.4 Å². The molecule has 0 spiro atoms. The number of carbonyl (C=O) groups excluding carboxylic acids is 1. The Kier molecular flexibility index (Phi) is 9.23. The van der Waals surface area contributed by atoms with Crippen LogP contribution in [0.4, 0.5) is 0 Å². The highest BCUT2D eigenvalue weighted by molar-refractivity contribution is 6.30. The summed E-state index contributed by atoms with van der Waals surface area (Å²) < 4.78 is 5.77. The zero-order valence-electron chi connectivity index (χ0n) is 13.5. The van der Waals surface area contributed by atoms with Crippen LogP contribution in [0.15, 0.2) is 48.5 Å². The van der Waals surface area contributed by atoms with E-state index in [1.165, 1.54) is 0 Å². The van der Waals surface area contributed by atoms with Crippen molar-refractivity contribution < 1.29 is 9.53 Å². The zero-order chi connectivity index (χ0) is 16.5. The molecule has 0 fully saturated rings. The number of rotatable bonds is 8. The number of nitrogens with one attached hydrogen (secondary N) is 2. The summed E-state index contributed by atoms with van der Waals surface area (Å²) in [5, 5.41) is 6.54. The summed E-state index contributed by atoms with van der Waals surface area (Å²) in [6.07, 6.45) is 0.345. The molecule has 0 aromatic heterocycles. The summed E-state index contributed by atoms with van der Waals surface area (Å²) in [4.78, 5) is 11.8. The minimum atomic E-state index is 0. The first-order chi connectivity index (χ1) is 11.2. The molecule has 1 amide bonds. The molecule has 2 aromatic rings. The standard InChI is InChI=1S/C18H21ClN2O2.ClH/c1-20-8-9-21-18(22)12-14-4-3-7-17(11-14)23-13-15-5-2-6-16(19)10-15;/h2-7,10-11,20H,8-9,12-13H2,1H3,(H,21,22);1H. The molecule has 0 saturated carbocycles. The van der Waals surface area contributed by atoms with Crippen LogP contribution in [0.5, 0.6) is 5.75 Å². The average molecular weight is 369 g/mol. The molecule has 0 aliphatic rings. The Morgan fingerprint density at radius 3 is 2.58 bits per heavy atom. The predicted octanol–water partition coefficient (Wildman–Crippen LogP) is 3.22. The minimum Gasteiger partial charge on any atom is -0.489 e. The van der Waals surface area contributed by atoms with E-state index in [-0.39, 0.29) is 18.3 Å². The fraction of sp³-hybridized carbons (Fsp3) is 0.278. The first kappa shape index (κ1) is 20.3. The molecular weight excluding hydrogens is 347 g/mol. The Labute approximate surface area is 154 Å². The molecule has 6 heteroatoms. The smallest absolute Gasteiger partial charge is 0.224 e. The number of carbonyl (C=O) groups is 1. The van der Waals surface area contributed by atoms with Gasteiger partial charge in [0.25, 0.3) is 0 Å². The summed E-state index contributed by atoms with van der Waals surface area (Å²) in [7, 11) is 1.85. The summed E-state index contributed by atoms with van der Waals surface area (Å²) >= 11 is 5.96. The topological polar surface area (TPSA) is 50.4 Å². The lowest BCUT2D eigenvalue weighted by Gasteiger charge is -2.09. The second-order valence-corrected chi connectivity index (χ2v) is 5.63. The summed E-state index contributed by atoms with van der Waals surface area (Å²) in [5.41, 5.74) is 1.93. The largest absolute Gasteiger partial charge is 0.489 e. The number of ether oxygens (including phenoxy) is 1. The van der Waals surface area contributed by atoms with Gasteiger partial charge in [-0.05, 0) is 42.4 Å². The SMILES string of the molecule is CNCCNC(=O)Cc1cccc(OCc2cccc(Cl)c2)c1.Cl. The second kappa shape index (κ2) is 10.9. The quantitative estimate of drug-likeness (QED) is 0.703. The van der Waals surface area contributed by atoms with Crippen molar-refractivity contribution in [3.63, 3.8) is 0 Å². The van der Waals surface area contributed by atoms with Gasteiger partial charge in [-0.2, -0.15) is 0 Å². The number of amides is 1. The van der Waals surface area contributed by atoms with Crippen LogP contribution >= 0.6 is 24.0 Å². The third-order valence-electron chi connectivity index (χ3n) is 3.25. The third kappa shape index (κ3) is 7.21. The number of hydrogen-bond acceptors (Lipinski definition) is 3. The van der Waals surface area contributed by atoms with Crippen molar-refractivity contribution in [1.29, 1.82) is 0 Å². The van der Waals surface area contributed by atoms with Gasteiger partial charge >= 0.3 is 0 Å². The van der Waals surface area contributed by atoms with E-state index in [1.807, 2.05) is 55.6 Å². The van der Waals surface area contributed by atoms with Gasteiger partial charge in [-0.1, -0.05) is 35.9 Å². The van der Waals surface area contributed by atoms with Crippen molar-refractivity contribution in [2.24, 2.45) is 0 Å². The Bertz CT molecular complexity index is 650. The maximum atomic E-state index is 11.8. The van der Waals surface area contributed by atoms with Gasteiger partial charge in [0.15, 0.2) is 0 Å². The van der Waals surface area contributed by atoms with E-state index in [0.717, 1.165) is 23.4 Å². The van der Waals surface area contributed by atoms with Crippen LogP contribution in [0.3, 0.4) is 0 Å². The number of hydrogen-bond donors (Lipinski definition) is 2. The van der Waals surface area contributed by atoms with E-state index >= 15 is 0 Å². The number of likely N-dealkylation sites (N-methyl/N-ethyl adjacent to an activating group) is 1. The molecule has 0 aliphatic heterocycles.